The quantitative estimate of drug-likeness (QED) is 0.941. The SMILES string of the molecule is CC[C@H](NC(=O)c1ccc2c(c1)OCCO2)c1ccccc1. The van der Waals surface area contributed by atoms with Crippen LogP contribution < -0.4 is 14.8 Å². The van der Waals surface area contributed by atoms with Crippen LogP contribution in [0, 0.1) is 0 Å². The van der Waals surface area contributed by atoms with Crippen LogP contribution in [-0.4, -0.2) is 19.1 Å². The second-order valence-corrected chi connectivity index (χ2v) is 5.20. The van der Waals surface area contributed by atoms with Gasteiger partial charge in [0.1, 0.15) is 13.2 Å². The van der Waals surface area contributed by atoms with Crippen LogP contribution in [0.3, 0.4) is 0 Å². The van der Waals surface area contributed by atoms with Gasteiger partial charge in [0, 0.05) is 5.56 Å². The Balaban J connectivity index is 1.76. The maximum Gasteiger partial charge on any atom is 0.251 e. The minimum Gasteiger partial charge on any atom is -0.486 e. The van der Waals surface area contributed by atoms with E-state index >= 15 is 0 Å². The van der Waals surface area contributed by atoms with Gasteiger partial charge in [-0.25, -0.2) is 0 Å². The Kier molecular flexibility index (Phi) is 4.28. The Bertz CT molecular complexity index is 655. The van der Waals surface area contributed by atoms with Crippen LogP contribution in [0.15, 0.2) is 48.5 Å². The van der Waals surface area contributed by atoms with Gasteiger partial charge < -0.3 is 14.8 Å². The molecule has 1 N–H and O–H groups in total. The van der Waals surface area contributed by atoms with E-state index in [4.69, 9.17) is 9.47 Å². The summed E-state index contributed by atoms with van der Waals surface area (Å²) in [6.45, 7) is 3.12. The number of rotatable bonds is 4. The van der Waals surface area contributed by atoms with Crippen molar-refractivity contribution in [2.75, 3.05) is 13.2 Å². The maximum atomic E-state index is 12.5. The average molecular weight is 297 g/mol. The molecular formula is C18H19NO3. The minimum atomic E-state index is -0.104. The summed E-state index contributed by atoms with van der Waals surface area (Å²) >= 11 is 0. The monoisotopic (exact) mass is 297 g/mol. The van der Waals surface area contributed by atoms with E-state index in [0.717, 1.165) is 12.0 Å². The smallest absolute Gasteiger partial charge is 0.251 e. The average Bonchev–Trinajstić information content (AvgIpc) is 2.59. The summed E-state index contributed by atoms with van der Waals surface area (Å²) in [7, 11) is 0. The number of fused-ring (bicyclic) bond motifs is 1. The van der Waals surface area contributed by atoms with Gasteiger partial charge in [0.15, 0.2) is 11.5 Å². The molecule has 0 unspecified atom stereocenters. The molecule has 3 rings (SSSR count). The van der Waals surface area contributed by atoms with Crippen molar-refractivity contribution in [2.45, 2.75) is 19.4 Å². The van der Waals surface area contributed by atoms with E-state index in [9.17, 15) is 4.79 Å². The Labute approximate surface area is 130 Å². The molecular weight excluding hydrogens is 278 g/mol. The third-order valence-corrected chi connectivity index (χ3v) is 3.72. The molecule has 2 aromatic carbocycles. The van der Waals surface area contributed by atoms with Crippen molar-refractivity contribution in [3.05, 3.63) is 59.7 Å². The third-order valence-electron chi connectivity index (χ3n) is 3.72. The minimum absolute atomic E-state index is 0.00176. The first-order chi connectivity index (χ1) is 10.8. The Morgan fingerprint density at radius 2 is 1.82 bits per heavy atom. The number of carbonyl (C=O) groups is 1. The van der Waals surface area contributed by atoms with Crippen molar-refractivity contribution in [1.82, 2.24) is 5.32 Å². The fourth-order valence-electron chi connectivity index (χ4n) is 2.53. The molecule has 0 aromatic heterocycles. The van der Waals surface area contributed by atoms with Crippen LogP contribution in [0.1, 0.15) is 35.3 Å². The van der Waals surface area contributed by atoms with Gasteiger partial charge in [0.2, 0.25) is 0 Å². The lowest BCUT2D eigenvalue weighted by Crippen LogP contribution is -2.28. The van der Waals surface area contributed by atoms with Crippen molar-refractivity contribution in [3.63, 3.8) is 0 Å². The summed E-state index contributed by atoms with van der Waals surface area (Å²) in [4.78, 5) is 12.5. The molecule has 0 aliphatic carbocycles. The van der Waals surface area contributed by atoms with Crippen LogP contribution in [-0.2, 0) is 0 Å². The van der Waals surface area contributed by atoms with Gasteiger partial charge in [-0.15, -0.1) is 0 Å². The van der Waals surface area contributed by atoms with E-state index in [2.05, 4.69) is 12.2 Å². The van der Waals surface area contributed by atoms with Crippen LogP contribution in [0.4, 0.5) is 0 Å². The largest absolute Gasteiger partial charge is 0.486 e. The number of carbonyl (C=O) groups excluding carboxylic acids is 1. The van der Waals surface area contributed by atoms with E-state index in [1.807, 2.05) is 30.3 Å². The highest BCUT2D eigenvalue weighted by atomic mass is 16.6. The van der Waals surface area contributed by atoms with Crippen LogP contribution >= 0.6 is 0 Å². The number of nitrogens with one attached hydrogen (secondary N) is 1. The lowest BCUT2D eigenvalue weighted by atomic mass is 10.0. The third kappa shape index (κ3) is 3.06. The molecule has 4 heteroatoms. The predicted molar refractivity (Wildman–Crippen MR) is 84.4 cm³/mol. The lowest BCUT2D eigenvalue weighted by Gasteiger charge is -2.20. The van der Waals surface area contributed by atoms with E-state index < -0.39 is 0 Å². The first-order valence-corrected chi connectivity index (χ1v) is 7.53. The van der Waals surface area contributed by atoms with Crippen molar-refractivity contribution in [3.8, 4) is 11.5 Å². The first kappa shape index (κ1) is 14.4. The summed E-state index contributed by atoms with van der Waals surface area (Å²) in [6.07, 6.45) is 0.834. The Morgan fingerprint density at radius 1 is 1.09 bits per heavy atom. The number of hydrogen-bond donors (Lipinski definition) is 1. The normalized spacial score (nSPS) is 14.2. The molecule has 1 aliphatic heterocycles. The van der Waals surface area contributed by atoms with Gasteiger partial charge >= 0.3 is 0 Å². The van der Waals surface area contributed by atoms with Crippen LogP contribution in [0.5, 0.6) is 11.5 Å². The second-order valence-electron chi connectivity index (χ2n) is 5.20. The van der Waals surface area contributed by atoms with E-state index in [-0.39, 0.29) is 11.9 Å². The van der Waals surface area contributed by atoms with Crippen LogP contribution in [0.25, 0.3) is 0 Å². The molecule has 0 fully saturated rings. The zero-order valence-corrected chi connectivity index (χ0v) is 12.5. The van der Waals surface area contributed by atoms with Crippen LogP contribution in [0.2, 0.25) is 0 Å². The number of ether oxygens (including phenoxy) is 2. The topological polar surface area (TPSA) is 47.6 Å². The molecule has 114 valence electrons. The molecule has 22 heavy (non-hydrogen) atoms. The van der Waals surface area contributed by atoms with E-state index in [1.165, 1.54) is 0 Å². The van der Waals surface area contributed by atoms with Crippen molar-refractivity contribution in [1.29, 1.82) is 0 Å². The lowest BCUT2D eigenvalue weighted by molar-refractivity contribution is 0.0934. The molecule has 1 atom stereocenters. The fraction of sp³-hybridized carbons (Fsp3) is 0.278. The molecule has 1 aliphatic rings. The summed E-state index contributed by atoms with van der Waals surface area (Å²) < 4.78 is 11.0. The molecule has 0 bridgehead atoms. The number of benzene rings is 2. The zero-order valence-electron chi connectivity index (χ0n) is 12.5. The highest BCUT2D eigenvalue weighted by Gasteiger charge is 2.17. The zero-order chi connectivity index (χ0) is 15.4. The molecule has 4 nitrogen and oxygen atoms in total. The molecule has 0 spiro atoms. The Hall–Kier alpha value is -2.49. The summed E-state index contributed by atoms with van der Waals surface area (Å²) in [5, 5.41) is 3.07. The van der Waals surface area contributed by atoms with Gasteiger partial charge in [0.25, 0.3) is 5.91 Å². The van der Waals surface area contributed by atoms with E-state index in [1.54, 1.807) is 18.2 Å². The highest BCUT2D eigenvalue weighted by molar-refractivity contribution is 5.95. The molecule has 2 aromatic rings. The number of amides is 1. The van der Waals surface area contributed by atoms with Crippen molar-refractivity contribution < 1.29 is 14.3 Å². The van der Waals surface area contributed by atoms with E-state index in [0.29, 0.717) is 30.3 Å². The molecule has 0 radical (unpaired) electrons. The second kappa shape index (κ2) is 6.52. The molecule has 0 saturated heterocycles. The van der Waals surface area contributed by atoms with Gasteiger partial charge in [-0.3, -0.25) is 4.79 Å². The summed E-state index contributed by atoms with van der Waals surface area (Å²) in [5.41, 5.74) is 1.69. The first-order valence-electron chi connectivity index (χ1n) is 7.53. The van der Waals surface area contributed by atoms with Crippen molar-refractivity contribution >= 4 is 5.91 Å². The van der Waals surface area contributed by atoms with Gasteiger partial charge in [-0.05, 0) is 30.2 Å². The maximum absolute atomic E-state index is 12.5. The Morgan fingerprint density at radius 3 is 2.55 bits per heavy atom. The fourth-order valence-corrected chi connectivity index (χ4v) is 2.53. The molecule has 0 saturated carbocycles. The van der Waals surface area contributed by atoms with Gasteiger partial charge in [0.05, 0.1) is 6.04 Å². The van der Waals surface area contributed by atoms with Crippen molar-refractivity contribution in [2.24, 2.45) is 0 Å². The summed E-state index contributed by atoms with van der Waals surface area (Å²) in [6, 6.07) is 15.3. The standard InChI is InChI=1S/C18H19NO3/c1-2-15(13-6-4-3-5-7-13)19-18(20)14-8-9-16-17(12-14)22-11-10-21-16/h3-9,12,15H,2,10-11H2,1H3,(H,19,20)/t15-/m0/s1. The van der Waals surface area contributed by atoms with Gasteiger partial charge in [-0.2, -0.15) is 0 Å². The molecule has 1 amide bonds. The predicted octanol–water partition coefficient (Wildman–Crippen LogP) is 3.34. The van der Waals surface area contributed by atoms with Gasteiger partial charge in [-0.1, -0.05) is 37.3 Å². The highest BCUT2D eigenvalue weighted by Crippen LogP contribution is 2.31. The molecule has 1 heterocycles. The summed E-state index contributed by atoms with van der Waals surface area (Å²) in [5.74, 6) is 1.22. The number of hydrogen-bond acceptors (Lipinski definition) is 3.